The third-order valence-corrected chi connectivity index (χ3v) is 5.38. The smallest absolute Gasteiger partial charge is 0.0857 e. The lowest BCUT2D eigenvalue weighted by Gasteiger charge is -2.03. The van der Waals surface area contributed by atoms with Crippen molar-refractivity contribution in [2.45, 2.75) is 70.6 Å². The van der Waals surface area contributed by atoms with Crippen LogP contribution in [0.5, 0.6) is 0 Å². The van der Waals surface area contributed by atoms with Crippen molar-refractivity contribution in [2.75, 3.05) is 5.33 Å². The summed E-state index contributed by atoms with van der Waals surface area (Å²) in [5.41, 5.74) is 3.21. The zero-order chi connectivity index (χ0) is 19.0. The molecule has 2 rings (SSSR count). The second-order valence-electron chi connectivity index (χ2n) is 7.18. The number of alkyl halides is 1. The summed E-state index contributed by atoms with van der Waals surface area (Å²) in [6.07, 6.45) is 15.0. The molecule has 3 heteroatoms. The van der Waals surface area contributed by atoms with Gasteiger partial charge in [-0.15, -0.1) is 0 Å². The van der Waals surface area contributed by atoms with Gasteiger partial charge >= 0.3 is 0 Å². The van der Waals surface area contributed by atoms with Gasteiger partial charge in [0.05, 0.1) is 11.4 Å². The summed E-state index contributed by atoms with van der Waals surface area (Å²) < 4.78 is 0. The van der Waals surface area contributed by atoms with Gasteiger partial charge in [0.1, 0.15) is 0 Å². The highest BCUT2D eigenvalue weighted by Crippen LogP contribution is 2.19. The number of rotatable bonds is 14. The molecule has 0 aromatic heterocycles. The van der Waals surface area contributed by atoms with Crippen LogP contribution in [0.15, 0.2) is 64.8 Å². The van der Waals surface area contributed by atoms with Crippen LogP contribution in [0.4, 0.5) is 11.4 Å². The molecule has 0 fully saturated rings. The van der Waals surface area contributed by atoms with Gasteiger partial charge in [-0.3, -0.25) is 0 Å². The molecule has 0 amide bonds. The van der Waals surface area contributed by atoms with Gasteiger partial charge in [0, 0.05) is 5.33 Å². The fourth-order valence-corrected chi connectivity index (χ4v) is 3.57. The Balaban J connectivity index is 1.52. The maximum absolute atomic E-state index is 4.30. The molecule has 0 atom stereocenters. The van der Waals surface area contributed by atoms with Crippen LogP contribution in [0, 0.1) is 0 Å². The molecular formula is C24H33BrN2. The van der Waals surface area contributed by atoms with Gasteiger partial charge in [0.2, 0.25) is 0 Å². The Labute approximate surface area is 173 Å². The van der Waals surface area contributed by atoms with Crippen molar-refractivity contribution in [2.24, 2.45) is 10.2 Å². The summed E-state index contributed by atoms with van der Waals surface area (Å²) in [4.78, 5) is 0. The molecule has 0 heterocycles. The summed E-state index contributed by atoms with van der Waals surface area (Å²) >= 11 is 3.49. The highest BCUT2D eigenvalue weighted by Gasteiger charge is 1.97. The van der Waals surface area contributed by atoms with Crippen molar-refractivity contribution in [3.05, 3.63) is 60.2 Å². The first-order valence-electron chi connectivity index (χ1n) is 10.5. The van der Waals surface area contributed by atoms with E-state index in [4.69, 9.17) is 0 Å². The monoisotopic (exact) mass is 428 g/mol. The number of benzene rings is 2. The highest BCUT2D eigenvalue weighted by molar-refractivity contribution is 9.09. The minimum absolute atomic E-state index is 0.889. The van der Waals surface area contributed by atoms with Crippen LogP contribution >= 0.6 is 15.9 Å². The zero-order valence-electron chi connectivity index (χ0n) is 16.5. The van der Waals surface area contributed by atoms with E-state index in [1.54, 1.807) is 0 Å². The van der Waals surface area contributed by atoms with E-state index >= 15 is 0 Å². The molecule has 0 radical (unpaired) electrons. The normalized spacial score (nSPS) is 11.3. The first kappa shape index (κ1) is 21.8. The minimum Gasteiger partial charge on any atom is -0.151 e. The Morgan fingerprint density at radius 3 is 1.56 bits per heavy atom. The molecule has 0 saturated carbocycles. The lowest BCUT2D eigenvalue weighted by Crippen LogP contribution is -1.86. The van der Waals surface area contributed by atoms with Crippen molar-refractivity contribution in [1.82, 2.24) is 0 Å². The van der Waals surface area contributed by atoms with Crippen LogP contribution in [0.1, 0.15) is 69.8 Å². The maximum atomic E-state index is 4.30. The highest BCUT2D eigenvalue weighted by atomic mass is 79.9. The van der Waals surface area contributed by atoms with E-state index in [1.807, 2.05) is 30.3 Å². The average molecular weight is 429 g/mol. The number of unbranched alkanes of at least 4 members (excludes halogenated alkanes) is 9. The summed E-state index contributed by atoms with van der Waals surface area (Å²) in [7, 11) is 0. The quantitative estimate of drug-likeness (QED) is 0.163. The summed E-state index contributed by atoms with van der Waals surface area (Å²) in [5.74, 6) is 0. The molecule has 0 aliphatic heterocycles. The average Bonchev–Trinajstić information content (AvgIpc) is 2.72. The third-order valence-electron chi connectivity index (χ3n) is 4.82. The summed E-state index contributed by atoms with van der Waals surface area (Å²) in [5, 5.41) is 9.72. The fourth-order valence-electron chi connectivity index (χ4n) is 3.18. The number of halogens is 1. The SMILES string of the molecule is BrCCCCCCCCCCCCc1ccc(N=Nc2ccccc2)cc1. The molecule has 2 aromatic carbocycles. The Hall–Kier alpha value is -1.48. The van der Waals surface area contributed by atoms with E-state index in [0.29, 0.717) is 0 Å². The van der Waals surface area contributed by atoms with Gasteiger partial charge in [0.15, 0.2) is 0 Å². The van der Waals surface area contributed by atoms with Crippen molar-refractivity contribution in [1.29, 1.82) is 0 Å². The molecule has 0 spiro atoms. The van der Waals surface area contributed by atoms with Crippen molar-refractivity contribution >= 4 is 27.3 Å². The van der Waals surface area contributed by atoms with E-state index in [0.717, 1.165) is 16.7 Å². The largest absolute Gasteiger partial charge is 0.151 e. The molecule has 0 N–H and O–H groups in total. The topological polar surface area (TPSA) is 24.7 Å². The molecule has 0 saturated heterocycles. The van der Waals surface area contributed by atoms with Crippen LogP contribution in [0.2, 0.25) is 0 Å². The lowest BCUT2D eigenvalue weighted by molar-refractivity contribution is 0.557. The van der Waals surface area contributed by atoms with E-state index in [2.05, 4.69) is 50.4 Å². The Morgan fingerprint density at radius 2 is 1.00 bits per heavy atom. The first-order valence-corrected chi connectivity index (χ1v) is 11.6. The molecule has 2 aromatic rings. The van der Waals surface area contributed by atoms with Gasteiger partial charge < -0.3 is 0 Å². The number of hydrogen-bond acceptors (Lipinski definition) is 2. The maximum Gasteiger partial charge on any atom is 0.0857 e. The standard InChI is InChI=1S/C24H33BrN2/c25-21-13-8-6-4-2-1-3-5-7-10-14-22-17-19-24(20-18-22)27-26-23-15-11-9-12-16-23/h9,11-12,15-20H,1-8,10,13-14,21H2. The van der Waals surface area contributed by atoms with Crippen LogP contribution in [0.25, 0.3) is 0 Å². The van der Waals surface area contributed by atoms with E-state index in [1.165, 1.54) is 76.2 Å². The van der Waals surface area contributed by atoms with Gasteiger partial charge in [-0.1, -0.05) is 97.6 Å². The van der Waals surface area contributed by atoms with Crippen molar-refractivity contribution < 1.29 is 0 Å². The molecule has 0 unspecified atom stereocenters. The molecule has 0 bridgehead atoms. The van der Waals surface area contributed by atoms with Crippen LogP contribution in [0.3, 0.4) is 0 Å². The number of azo groups is 1. The molecule has 27 heavy (non-hydrogen) atoms. The number of nitrogens with zero attached hydrogens (tertiary/aromatic N) is 2. The summed E-state index contributed by atoms with van der Waals surface area (Å²) in [6, 6.07) is 18.4. The van der Waals surface area contributed by atoms with Crippen LogP contribution in [-0.4, -0.2) is 5.33 Å². The predicted octanol–water partition coefficient (Wildman–Crippen LogP) is 8.94. The molecule has 0 aliphatic carbocycles. The Kier molecular flexibility index (Phi) is 11.8. The van der Waals surface area contributed by atoms with Crippen LogP contribution < -0.4 is 0 Å². The lowest BCUT2D eigenvalue weighted by atomic mass is 10.0. The number of hydrogen-bond donors (Lipinski definition) is 0. The van der Waals surface area contributed by atoms with Crippen molar-refractivity contribution in [3.8, 4) is 0 Å². The minimum atomic E-state index is 0.889. The first-order chi connectivity index (χ1) is 13.4. The van der Waals surface area contributed by atoms with Crippen molar-refractivity contribution in [3.63, 3.8) is 0 Å². The fraction of sp³-hybridized carbons (Fsp3) is 0.500. The Bertz CT molecular complexity index is 623. The van der Waals surface area contributed by atoms with Gasteiger partial charge in [-0.2, -0.15) is 10.2 Å². The molecule has 0 aliphatic rings. The van der Waals surface area contributed by atoms with Gasteiger partial charge in [0.25, 0.3) is 0 Å². The zero-order valence-corrected chi connectivity index (χ0v) is 18.0. The Morgan fingerprint density at radius 1 is 0.519 bits per heavy atom. The second kappa shape index (κ2) is 14.6. The van der Waals surface area contributed by atoms with Gasteiger partial charge in [-0.25, -0.2) is 0 Å². The van der Waals surface area contributed by atoms with Gasteiger partial charge in [-0.05, 0) is 49.1 Å². The van der Waals surface area contributed by atoms with Crippen LogP contribution in [-0.2, 0) is 6.42 Å². The van der Waals surface area contributed by atoms with E-state index in [9.17, 15) is 0 Å². The summed E-state index contributed by atoms with van der Waals surface area (Å²) in [6.45, 7) is 0. The third kappa shape index (κ3) is 10.4. The second-order valence-corrected chi connectivity index (χ2v) is 7.97. The predicted molar refractivity (Wildman–Crippen MR) is 121 cm³/mol. The molecule has 146 valence electrons. The number of aryl methyl sites for hydroxylation is 1. The molecular weight excluding hydrogens is 396 g/mol. The molecule has 2 nitrogen and oxygen atoms in total. The van der Waals surface area contributed by atoms with E-state index < -0.39 is 0 Å². The van der Waals surface area contributed by atoms with E-state index in [-0.39, 0.29) is 0 Å².